The minimum Gasteiger partial charge on any atom is -0.350 e. The molecule has 1 aliphatic rings. The van der Waals surface area contributed by atoms with Crippen LogP contribution < -0.4 is 20.9 Å². The molecule has 32 heavy (non-hydrogen) atoms. The summed E-state index contributed by atoms with van der Waals surface area (Å²) in [6, 6.07) is 18.8. The van der Waals surface area contributed by atoms with Gasteiger partial charge in [0.25, 0.3) is 0 Å². The van der Waals surface area contributed by atoms with Gasteiger partial charge in [0.2, 0.25) is 11.8 Å². The molecule has 1 aromatic heterocycles. The number of nitrogens with zero attached hydrogens (tertiary/aromatic N) is 2. The molecule has 0 spiro atoms. The average Bonchev–Trinajstić information content (AvgIpc) is 2.82. The van der Waals surface area contributed by atoms with Gasteiger partial charge in [0, 0.05) is 25.4 Å². The monoisotopic (exact) mass is 429 g/mol. The number of hydrogen-bond donors (Lipinski definition) is 3. The van der Waals surface area contributed by atoms with E-state index in [2.05, 4.69) is 20.9 Å². The fraction of sp³-hybridized carbons (Fsp3) is 0.167. The zero-order valence-corrected chi connectivity index (χ0v) is 17.3. The second-order valence-electron chi connectivity index (χ2n) is 7.42. The molecule has 0 aliphatic carbocycles. The van der Waals surface area contributed by atoms with Gasteiger partial charge in [0.1, 0.15) is 12.6 Å². The summed E-state index contributed by atoms with van der Waals surface area (Å²) >= 11 is 0. The normalized spacial score (nSPS) is 13.5. The molecule has 1 unspecified atom stereocenters. The number of amides is 4. The minimum absolute atomic E-state index is 0.127. The van der Waals surface area contributed by atoms with Gasteiger partial charge in [-0.15, -0.1) is 0 Å². The van der Waals surface area contributed by atoms with Crippen molar-refractivity contribution in [1.82, 2.24) is 15.6 Å². The third-order valence-corrected chi connectivity index (χ3v) is 5.10. The molecule has 4 rings (SSSR count). The van der Waals surface area contributed by atoms with Crippen LogP contribution in [0.3, 0.4) is 0 Å². The van der Waals surface area contributed by atoms with Crippen LogP contribution in [0.4, 0.5) is 16.2 Å². The van der Waals surface area contributed by atoms with Gasteiger partial charge < -0.3 is 16.0 Å². The molecule has 0 fully saturated rings. The van der Waals surface area contributed by atoms with E-state index in [1.165, 1.54) is 4.90 Å². The molecule has 3 N–H and O–H groups in total. The number of nitrogens with one attached hydrogen (secondary N) is 3. The highest BCUT2D eigenvalue weighted by atomic mass is 16.2. The largest absolute Gasteiger partial charge is 0.350 e. The molecule has 0 saturated heterocycles. The highest BCUT2D eigenvalue weighted by Crippen LogP contribution is 2.28. The summed E-state index contributed by atoms with van der Waals surface area (Å²) in [6.07, 6.45) is 3.65. The van der Waals surface area contributed by atoms with E-state index < -0.39 is 12.1 Å². The number of aromatic nitrogens is 1. The van der Waals surface area contributed by atoms with Crippen molar-refractivity contribution in [3.63, 3.8) is 0 Å². The molecule has 1 aliphatic heterocycles. The lowest BCUT2D eigenvalue weighted by Crippen LogP contribution is -2.54. The second kappa shape index (κ2) is 9.74. The molecule has 2 heterocycles. The van der Waals surface area contributed by atoms with Crippen LogP contribution in [0.5, 0.6) is 0 Å². The first kappa shape index (κ1) is 21.0. The Labute approximate surface area is 185 Å². The maximum atomic E-state index is 13.1. The summed E-state index contributed by atoms with van der Waals surface area (Å²) in [6.45, 7) is 0.168. The van der Waals surface area contributed by atoms with Gasteiger partial charge in [-0.05, 0) is 29.3 Å². The van der Waals surface area contributed by atoms with Crippen LogP contribution >= 0.6 is 0 Å². The summed E-state index contributed by atoms with van der Waals surface area (Å²) in [5.74, 6) is -0.611. The molecule has 8 nitrogen and oxygen atoms in total. The van der Waals surface area contributed by atoms with Gasteiger partial charge in [-0.3, -0.25) is 19.5 Å². The Morgan fingerprint density at radius 2 is 1.75 bits per heavy atom. The van der Waals surface area contributed by atoms with E-state index in [-0.39, 0.29) is 18.4 Å². The van der Waals surface area contributed by atoms with Crippen molar-refractivity contribution in [3.05, 3.63) is 90.3 Å². The molecule has 162 valence electrons. The van der Waals surface area contributed by atoms with Gasteiger partial charge in [-0.2, -0.15) is 0 Å². The Morgan fingerprint density at radius 1 is 1.00 bits per heavy atom. The summed E-state index contributed by atoms with van der Waals surface area (Å²) in [5.41, 5.74) is 2.90. The first-order valence-electron chi connectivity index (χ1n) is 10.3. The summed E-state index contributed by atoms with van der Waals surface area (Å²) < 4.78 is 0. The standard InChI is InChI=1S/C24H23N5O3/c30-22-16-29(21-11-5-4-10-19(21)27-22)24(32)28-20(13-17-7-2-1-3-8-17)23(31)26-15-18-9-6-12-25-14-18/h1-12,14,20H,13,15-16H2,(H,26,31)(H,27,30)(H,28,32). The number of urea groups is 1. The topological polar surface area (TPSA) is 103 Å². The molecule has 0 saturated carbocycles. The maximum absolute atomic E-state index is 13.1. The van der Waals surface area contributed by atoms with Gasteiger partial charge in [0.15, 0.2) is 0 Å². The third kappa shape index (κ3) is 5.10. The van der Waals surface area contributed by atoms with E-state index in [1.54, 1.807) is 42.7 Å². The van der Waals surface area contributed by atoms with E-state index >= 15 is 0 Å². The predicted octanol–water partition coefficient (Wildman–Crippen LogP) is 2.48. The smallest absolute Gasteiger partial charge is 0.323 e. The Kier molecular flexibility index (Phi) is 6.41. The highest BCUT2D eigenvalue weighted by Gasteiger charge is 2.30. The van der Waals surface area contributed by atoms with Crippen molar-refractivity contribution in [2.24, 2.45) is 0 Å². The molecular formula is C24H23N5O3. The lowest BCUT2D eigenvalue weighted by molar-refractivity contribution is -0.123. The van der Waals surface area contributed by atoms with Crippen molar-refractivity contribution in [1.29, 1.82) is 0 Å². The zero-order valence-electron chi connectivity index (χ0n) is 17.3. The number of hydrogen-bond acceptors (Lipinski definition) is 4. The van der Waals surface area contributed by atoms with Crippen LogP contribution in [0.1, 0.15) is 11.1 Å². The number of para-hydroxylation sites is 2. The zero-order chi connectivity index (χ0) is 22.3. The summed E-state index contributed by atoms with van der Waals surface area (Å²) in [5, 5.41) is 8.43. The third-order valence-electron chi connectivity index (χ3n) is 5.10. The van der Waals surface area contributed by atoms with Crippen LogP contribution in [-0.4, -0.2) is 35.4 Å². The Morgan fingerprint density at radius 3 is 2.53 bits per heavy atom. The summed E-state index contributed by atoms with van der Waals surface area (Å²) in [4.78, 5) is 43.6. The average molecular weight is 429 g/mol. The predicted molar refractivity (Wildman–Crippen MR) is 121 cm³/mol. The van der Waals surface area contributed by atoms with Crippen LogP contribution in [0.15, 0.2) is 79.1 Å². The number of pyridine rings is 1. The Bertz CT molecular complexity index is 1100. The number of fused-ring (bicyclic) bond motifs is 1. The molecular weight excluding hydrogens is 406 g/mol. The van der Waals surface area contributed by atoms with Crippen LogP contribution in [0.25, 0.3) is 0 Å². The molecule has 0 radical (unpaired) electrons. The van der Waals surface area contributed by atoms with E-state index in [1.807, 2.05) is 36.4 Å². The molecule has 3 aromatic rings. The number of anilines is 2. The van der Waals surface area contributed by atoms with Crippen LogP contribution in [0, 0.1) is 0 Å². The van der Waals surface area contributed by atoms with E-state index in [4.69, 9.17) is 0 Å². The molecule has 8 heteroatoms. The van der Waals surface area contributed by atoms with Crippen molar-refractivity contribution in [3.8, 4) is 0 Å². The lowest BCUT2D eigenvalue weighted by atomic mass is 10.1. The van der Waals surface area contributed by atoms with E-state index in [0.29, 0.717) is 24.3 Å². The van der Waals surface area contributed by atoms with Crippen molar-refractivity contribution in [2.75, 3.05) is 16.8 Å². The SMILES string of the molecule is O=C1CN(C(=O)NC(Cc2ccccc2)C(=O)NCc2cccnc2)c2ccccc2N1. The first-order valence-corrected chi connectivity index (χ1v) is 10.3. The van der Waals surface area contributed by atoms with Crippen LogP contribution in [0.2, 0.25) is 0 Å². The molecule has 0 bridgehead atoms. The van der Waals surface area contributed by atoms with Crippen molar-refractivity contribution in [2.45, 2.75) is 19.0 Å². The fourth-order valence-electron chi connectivity index (χ4n) is 3.52. The second-order valence-corrected chi connectivity index (χ2v) is 7.42. The van der Waals surface area contributed by atoms with Crippen molar-refractivity contribution >= 4 is 29.2 Å². The fourth-order valence-corrected chi connectivity index (χ4v) is 3.52. The van der Waals surface area contributed by atoms with Gasteiger partial charge in [0.05, 0.1) is 11.4 Å². The van der Waals surface area contributed by atoms with Gasteiger partial charge >= 0.3 is 6.03 Å². The Balaban J connectivity index is 1.51. The minimum atomic E-state index is -0.821. The molecule has 4 amide bonds. The number of benzene rings is 2. The number of rotatable bonds is 6. The lowest BCUT2D eigenvalue weighted by Gasteiger charge is -2.30. The van der Waals surface area contributed by atoms with E-state index in [0.717, 1.165) is 11.1 Å². The Hall–Kier alpha value is -4.20. The summed E-state index contributed by atoms with van der Waals surface area (Å²) in [7, 11) is 0. The van der Waals surface area contributed by atoms with Gasteiger partial charge in [-0.25, -0.2) is 4.79 Å². The maximum Gasteiger partial charge on any atom is 0.323 e. The van der Waals surface area contributed by atoms with Crippen LogP contribution in [-0.2, 0) is 22.6 Å². The molecule has 2 aromatic carbocycles. The van der Waals surface area contributed by atoms with E-state index in [9.17, 15) is 14.4 Å². The quantitative estimate of drug-likeness (QED) is 0.560. The van der Waals surface area contributed by atoms with Crippen molar-refractivity contribution < 1.29 is 14.4 Å². The highest BCUT2D eigenvalue weighted by molar-refractivity contribution is 6.10. The molecule has 1 atom stereocenters. The first-order chi connectivity index (χ1) is 15.6. The number of carbonyl (C=O) groups is 3. The number of carbonyl (C=O) groups excluding carboxylic acids is 3. The van der Waals surface area contributed by atoms with Gasteiger partial charge in [-0.1, -0.05) is 48.5 Å².